The van der Waals surface area contributed by atoms with E-state index < -0.39 is 10.0 Å². The van der Waals surface area contributed by atoms with Crippen molar-refractivity contribution in [2.24, 2.45) is 0 Å². The standard InChI is InChI=1S/C13H11ClINO3S/c14-10-4-5-13(12(15)7-10)16-20(18,19)11-3-1-2-9(6-11)8-17/h1-7,16-17H,8H2. The highest BCUT2D eigenvalue weighted by molar-refractivity contribution is 14.1. The van der Waals surface area contributed by atoms with Gasteiger partial charge in [0.2, 0.25) is 0 Å². The molecule has 0 atom stereocenters. The van der Waals surface area contributed by atoms with Crippen LogP contribution in [0.3, 0.4) is 0 Å². The Hall–Kier alpha value is -0.830. The molecule has 2 N–H and O–H groups in total. The lowest BCUT2D eigenvalue weighted by molar-refractivity contribution is 0.281. The first kappa shape index (κ1) is 15.6. The molecule has 0 saturated heterocycles. The molecular weight excluding hydrogens is 413 g/mol. The van der Waals surface area contributed by atoms with E-state index in [1.165, 1.54) is 12.1 Å². The molecule has 0 unspecified atom stereocenters. The van der Waals surface area contributed by atoms with Crippen LogP contribution in [0.15, 0.2) is 47.4 Å². The fraction of sp³-hybridized carbons (Fsp3) is 0.0769. The molecule has 2 aromatic carbocycles. The molecule has 0 bridgehead atoms. The predicted octanol–water partition coefficient (Wildman–Crippen LogP) is 3.24. The van der Waals surface area contributed by atoms with Gasteiger partial charge in [-0.25, -0.2) is 8.42 Å². The molecule has 0 amide bonds. The Morgan fingerprint density at radius 2 is 1.95 bits per heavy atom. The summed E-state index contributed by atoms with van der Waals surface area (Å²) in [4.78, 5) is 0.106. The monoisotopic (exact) mass is 423 g/mol. The highest BCUT2D eigenvalue weighted by atomic mass is 127. The van der Waals surface area contributed by atoms with E-state index in [-0.39, 0.29) is 11.5 Å². The van der Waals surface area contributed by atoms with Crippen LogP contribution in [0.5, 0.6) is 0 Å². The molecule has 0 aliphatic rings. The maximum absolute atomic E-state index is 12.3. The van der Waals surface area contributed by atoms with Gasteiger partial charge in [-0.05, 0) is 58.5 Å². The summed E-state index contributed by atoms with van der Waals surface area (Å²) in [6.07, 6.45) is 0. The second-order valence-corrected chi connectivity index (χ2v) is 7.32. The Balaban J connectivity index is 2.35. The number of aliphatic hydroxyl groups excluding tert-OH is 1. The molecule has 0 aliphatic carbocycles. The summed E-state index contributed by atoms with van der Waals surface area (Å²) in [6.45, 7) is -0.207. The molecule has 2 aromatic rings. The number of hydrogen-bond acceptors (Lipinski definition) is 3. The van der Waals surface area contributed by atoms with Crippen molar-refractivity contribution < 1.29 is 13.5 Å². The van der Waals surface area contributed by atoms with Gasteiger partial charge in [0, 0.05) is 8.59 Å². The molecule has 0 heterocycles. The van der Waals surface area contributed by atoms with Crippen molar-refractivity contribution in [3.8, 4) is 0 Å². The SMILES string of the molecule is O=S(=O)(Nc1ccc(Cl)cc1I)c1cccc(CO)c1. The minimum Gasteiger partial charge on any atom is -0.392 e. The second-order valence-electron chi connectivity index (χ2n) is 4.04. The molecule has 2 rings (SSSR count). The van der Waals surface area contributed by atoms with Crippen LogP contribution in [-0.2, 0) is 16.6 Å². The zero-order valence-corrected chi connectivity index (χ0v) is 13.9. The predicted molar refractivity (Wildman–Crippen MR) is 87.3 cm³/mol. The zero-order chi connectivity index (χ0) is 14.8. The van der Waals surface area contributed by atoms with E-state index in [9.17, 15) is 8.42 Å². The van der Waals surface area contributed by atoms with Gasteiger partial charge in [0.1, 0.15) is 0 Å². The minimum absolute atomic E-state index is 0.106. The van der Waals surface area contributed by atoms with Crippen molar-refractivity contribution >= 4 is 49.9 Å². The van der Waals surface area contributed by atoms with Gasteiger partial charge in [0.25, 0.3) is 10.0 Å². The highest BCUT2D eigenvalue weighted by Gasteiger charge is 2.16. The van der Waals surface area contributed by atoms with Crippen molar-refractivity contribution in [3.05, 3.63) is 56.6 Å². The third kappa shape index (κ3) is 3.63. The van der Waals surface area contributed by atoms with Gasteiger partial charge in [-0.3, -0.25) is 4.72 Å². The van der Waals surface area contributed by atoms with Crippen molar-refractivity contribution in [3.63, 3.8) is 0 Å². The van der Waals surface area contributed by atoms with Crippen LogP contribution in [0.2, 0.25) is 5.02 Å². The molecule has 0 spiro atoms. The third-order valence-electron chi connectivity index (χ3n) is 2.57. The quantitative estimate of drug-likeness (QED) is 0.742. The van der Waals surface area contributed by atoms with Gasteiger partial charge in [-0.15, -0.1) is 0 Å². The molecule has 7 heteroatoms. The first-order chi connectivity index (χ1) is 9.42. The van der Waals surface area contributed by atoms with Crippen LogP contribution in [0, 0.1) is 3.57 Å². The first-order valence-electron chi connectivity index (χ1n) is 5.60. The topological polar surface area (TPSA) is 66.4 Å². The number of sulfonamides is 1. The van der Waals surface area contributed by atoms with Crippen molar-refractivity contribution in [2.75, 3.05) is 4.72 Å². The van der Waals surface area contributed by atoms with Crippen LogP contribution in [-0.4, -0.2) is 13.5 Å². The average molecular weight is 424 g/mol. The van der Waals surface area contributed by atoms with Crippen LogP contribution >= 0.6 is 34.2 Å². The van der Waals surface area contributed by atoms with Crippen LogP contribution < -0.4 is 4.72 Å². The summed E-state index contributed by atoms with van der Waals surface area (Å²) in [7, 11) is -3.69. The Kier molecular flexibility index (Phi) is 4.90. The minimum atomic E-state index is -3.69. The number of benzene rings is 2. The third-order valence-corrected chi connectivity index (χ3v) is 5.06. The van der Waals surface area contributed by atoms with E-state index in [0.717, 1.165) is 0 Å². The van der Waals surface area contributed by atoms with Crippen LogP contribution in [0.25, 0.3) is 0 Å². The second kappa shape index (κ2) is 6.30. The van der Waals surface area contributed by atoms with Gasteiger partial charge in [0.05, 0.1) is 17.2 Å². The van der Waals surface area contributed by atoms with Crippen LogP contribution in [0.1, 0.15) is 5.56 Å². The smallest absolute Gasteiger partial charge is 0.261 e. The number of hydrogen-bond donors (Lipinski definition) is 2. The number of anilines is 1. The summed E-state index contributed by atoms with van der Waals surface area (Å²) >= 11 is 7.84. The van der Waals surface area contributed by atoms with E-state index in [4.69, 9.17) is 16.7 Å². The van der Waals surface area contributed by atoms with E-state index in [1.807, 2.05) is 22.6 Å². The van der Waals surface area contributed by atoms with Gasteiger partial charge >= 0.3 is 0 Å². The first-order valence-corrected chi connectivity index (χ1v) is 8.54. The maximum Gasteiger partial charge on any atom is 0.261 e. The summed E-state index contributed by atoms with van der Waals surface area (Å²) < 4.78 is 27.8. The van der Waals surface area contributed by atoms with Crippen molar-refractivity contribution in [1.29, 1.82) is 0 Å². The summed E-state index contributed by atoms with van der Waals surface area (Å²) in [5.41, 5.74) is 1.00. The lowest BCUT2D eigenvalue weighted by atomic mass is 10.2. The Morgan fingerprint density at radius 3 is 2.60 bits per heavy atom. The Bertz CT molecular complexity index is 734. The molecule has 0 radical (unpaired) electrons. The van der Waals surface area contributed by atoms with Gasteiger partial charge in [-0.1, -0.05) is 23.7 Å². The molecule has 0 saturated carbocycles. The largest absolute Gasteiger partial charge is 0.392 e. The van der Waals surface area contributed by atoms with Crippen molar-refractivity contribution in [2.45, 2.75) is 11.5 Å². The molecule has 0 aromatic heterocycles. The summed E-state index contributed by atoms with van der Waals surface area (Å²) in [5.74, 6) is 0. The Labute approximate surface area is 136 Å². The van der Waals surface area contributed by atoms with E-state index in [2.05, 4.69) is 4.72 Å². The summed E-state index contributed by atoms with van der Waals surface area (Å²) in [5, 5.41) is 9.60. The fourth-order valence-electron chi connectivity index (χ4n) is 1.59. The fourth-order valence-corrected chi connectivity index (χ4v) is 3.93. The number of halogens is 2. The lowest BCUT2D eigenvalue weighted by Crippen LogP contribution is -2.14. The summed E-state index contributed by atoms with van der Waals surface area (Å²) in [6, 6.07) is 11.1. The zero-order valence-electron chi connectivity index (χ0n) is 10.2. The van der Waals surface area contributed by atoms with Gasteiger partial charge in [-0.2, -0.15) is 0 Å². The Morgan fingerprint density at radius 1 is 1.20 bits per heavy atom. The molecular formula is C13H11ClINO3S. The number of nitrogens with one attached hydrogen (secondary N) is 1. The molecule has 106 valence electrons. The maximum atomic E-state index is 12.3. The van der Waals surface area contributed by atoms with E-state index in [1.54, 1.807) is 30.3 Å². The highest BCUT2D eigenvalue weighted by Crippen LogP contribution is 2.25. The van der Waals surface area contributed by atoms with Gasteiger partial charge in [0.15, 0.2) is 0 Å². The molecule has 20 heavy (non-hydrogen) atoms. The normalized spacial score (nSPS) is 11.3. The molecule has 0 aliphatic heterocycles. The molecule has 4 nitrogen and oxygen atoms in total. The van der Waals surface area contributed by atoms with E-state index in [0.29, 0.717) is 19.8 Å². The van der Waals surface area contributed by atoms with Crippen LogP contribution in [0.4, 0.5) is 5.69 Å². The van der Waals surface area contributed by atoms with E-state index >= 15 is 0 Å². The molecule has 0 fully saturated rings. The average Bonchev–Trinajstić information content (AvgIpc) is 2.42. The lowest BCUT2D eigenvalue weighted by Gasteiger charge is -2.10. The van der Waals surface area contributed by atoms with Crippen molar-refractivity contribution in [1.82, 2.24) is 0 Å². The number of rotatable bonds is 4. The number of aliphatic hydroxyl groups is 1. The van der Waals surface area contributed by atoms with Gasteiger partial charge < -0.3 is 5.11 Å².